The minimum atomic E-state index is -0.904. The van der Waals surface area contributed by atoms with Gasteiger partial charge in [0.1, 0.15) is 11.6 Å². The Morgan fingerprint density at radius 1 is 1.05 bits per heavy atom. The van der Waals surface area contributed by atoms with E-state index in [1.165, 1.54) is 0 Å². The first kappa shape index (κ1) is 14.6. The third-order valence-electron chi connectivity index (χ3n) is 2.74. The van der Waals surface area contributed by atoms with Crippen LogP contribution in [0.4, 0.5) is 8.78 Å². The summed E-state index contributed by atoms with van der Waals surface area (Å²) in [4.78, 5) is 0. The molecule has 0 heterocycles. The highest BCUT2D eigenvalue weighted by atomic mass is 79.9. The monoisotopic (exact) mass is 390 g/mol. The molecular weight excluding hydrogens is 382 g/mol. The number of aliphatic hydroxyl groups is 1. The molecule has 1 nitrogen and oxygen atoms in total. The summed E-state index contributed by atoms with van der Waals surface area (Å²) >= 11 is 6.65. The van der Waals surface area contributed by atoms with Gasteiger partial charge >= 0.3 is 0 Å². The SMILES string of the molecule is OC(Cc1cc(F)ccc1F)c1ccc(Br)cc1Br. The summed E-state index contributed by atoms with van der Waals surface area (Å²) in [5, 5.41) is 10.1. The minimum absolute atomic E-state index is 0.0177. The number of hydrogen-bond acceptors (Lipinski definition) is 1. The Labute approximate surface area is 126 Å². The molecule has 2 aromatic rings. The maximum atomic E-state index is 13.5. The van der Waals surface area contributed by atoms with Crippen molar-refractivity contribution in [3.63, 3.8) is 0 Å². The van der Waals surface area contributed by atoms with Crippen molar-refractivity contribution in [1.82, 2.24) is 0 Å². The molecule has 100 valence electrons. The van der Waals surface area contributed by atoms with Gasteiger partial charge in [-0.3, -0.25) is 0 Å². The molecule has 0 fully saturated rings. The fourth-order valence-corrected chi connectivity index (χ4v) is 3.10. The van der Waals surface area contributed by atoms with Gasteiger partial charge in [0.25, 0.3) is 0 Å². The van der Waals surface area contributed by atoms with Gasteiger partial charge in [0.15, 0.2) is 0 Å². The van der Waals surface area contributed by atoms with Crippen LogP contribution >= 0.6 is 31.9 Å². The van der Waals surface area contributed by atoms with E-state index in [9.17, 15) is 13.9 Å². The Balaban J connectivity index is 2.25. The quantitative estimate of drug-likeness (QED) is 0.799. The van der Waals surface area contributed by atoms with Crippen LogP contribution < -0.4 is 0 Å². The van der Waals surface area contributed by atoms with Crippen LogP contribution in [0.3, 0.4) is 0 Å². The van der Waals surface area contributed by atoms with Gasteiger partial charge in [0.05, 0.1) is 6.10 Å². The van der Waals surface area contributed by atoms with Crippen molar-refractivity contribution < 1.29 is 13.9 Å². The summed E-state index contributed by atoms with van der Waals surface area (Å²) in [5.41, 5.74) is 0.786. The lowest BCUT2D eigenvalue weighted by Gasteiger charge is -2.14. The molecule has 1 unspecified atom stereocenters. The summed E-state index contributed by atoms with van der Waals surface area (Å²) in [6.45, 7) is 0. The van der Waals surface area contributed by atoms with Crippen LogP contribution in [0.5, 0.6) is 0 Å². The number of rotatable bonds is 3. The van der Waals surface area contributed by atoms with Gasteiger partial charge in [-0.2, -0.15) is 0 Å². The van der Waals surface area contributed by atoms with E-state index in [0.29, 0.717) is 10.0 Å². The summed E-state index contributed by atoms with van der Waals surface area (Å²) in [6.07, 6.45) is -0.886. The van der Waals surface area contributed by atoms with Crippen molar-refractivity contribution in [3.05, 3.63) is 68.1 Å². The van der Waals surface area contributed by atoms with E-state index >= 15 is 0 Å². The lowest BCUT2D eigenvalue weighted by molar-refractivity contribution is 0.176. The maximum Gasteiger partial charge on any atom is 0.126 e. The highest BCUT2D eigenvalue weighted by molar-refractivity contribution is 9.11. The molecule has 0 aliphatic rings. The van der Waals surface area contributed by atoms with Crippen LogP contribution in [0.2, 0.25) is 0 Å². The lowest BCUT2D eigenvalue weighted by atomic mass is 10.0. The summed E-state index contributed by atoms with van der Waals surface area (Å²) < 4.78 is 28.2. The molecular formula is C14H10Br2F2O. The van der Waals surface area contributed by atoms with E-state index < -0.39 is 17.7 Å². The molecule has 0 bridgehead atoms. The zero-order valence-corrected chi connectivity index (χ0v) is 12.9. The molecule has 0 amide bonds. The van der Waals surface area contributed by atoms with Gasteiger partial charge in [-0.25, -0.2) is 8.78 Å². The molecule has 0 aliphatic heterocycles. The molecule has 19 heavy (non-hydrogen) atoms. The van der Waals surface area contributed by atoms with Crippen LogP contribution in [0.25, 0.3) is 0 Å². The van der Waals surface area contributed by atoms with Gasteiger partial charge in [-0.1, -0.05) is 37.9 Å². The molecule has 2 aromatic carbocycles. The van der Waals surface area contributed by atoms with Crippen molar-refractivity contribution >= 4 is 31.9 Å². The van der Waals surface area contributed by atoms with Crippen LogP contribution in [0, 0.1) is 11.6 Å². The maximum absolute atomic E-state index is 13.5. The molecule has 0 radical (unpaired) electrons. The summed E-state index contributed by atoms with van der Waals surface area (Å²) in [7, 11) is 0. The van der Waals surface area contributed by atoms with Crippen LogP contribution in [-0.4, -0.2) is 5.11 Å². The second-order valence-electron chi connectivity index (χ2n) is 4.12. The van der Waals surface area contributed by atoms with E-state index in [1.807, 2.05) is 0 Å². The second-order valence-corrected chi connectivity index (χ2v) is 5.89. The Kier molecular flexibility index (Phi) is 4.71. The van der Waals surface area contributed by atoms with Crippen molar-refractivity contribution in [2.24, 2.45) is 0 Å². The van der Waals surface area contributed by atoms with Gasteiger partial charge in [-0.15, -0.1) is 0 Å². The summed E-state index contributed by atoms with van der Waals surface area (Å²) in [5.74, 6) is -1.04. The van der Waals surface area contributed by atoms with E-state index in [0.717, 1.165) is 22.7 Å². The number of aliphatic hydroxyl groups excluding tert-OH is 1. The Morgan fingerprint density at radius 2 is 1.79 bits per heavy atom. The molecule has 1 N–H and O–H groups in total. The first-order valence-electron chi connectivity index (χ1n) is 5.54. The molecule has 0 aromatic heterocycles. The largest absolute Gasteiger partial charge is 0.388 e. The number of halogens is 4. The smallest absolute Gasteiger partial charge is 0.126 e. The van der Waals surface area contributed by atoms with E-state index in [1.54, 1.807) is 18.2 Å². The molecule has 0 saturated carbocycles. The van der Waals surface area contributed by atoms with Gasteiger partial charge in [0.2, 0.25) is 0 Å². The molecule has 2 rings (SSSR count). The second kappa shape index (κ2) is 6.11. The standard InChI is InChI=1S/C14H10Br2F2O/c15-9-1-3-11(12(16)7-9)14(19)6-8-5-10(17)2-4-13(8)18/h1-5,7,14,19H,6H2. The van der Waals surface area contributed by atoms with Crippen LogP contribution in [0.1, 0.15) is 17.2 Å². The Bertz CT molecular complexity index is 602. The van der Waals surface area contributed by atoms with Crippen LogP contribution in [0.15, 0.2) is 45.3 Å². The van der Waals surface area contributed by atoms with Gasteiger partial charge in [0, 0.05) is 15.4 Å². The van der Waals surface area contributed by atoms with Crippen molar-refractivity contribution in [3.8, 4) is 0 Å². The molecule has 1 atom stereocenters. The normalized spacial score (nSPS) is 12.5. The Morgan fingerprint density at radius 3 is 2.47 bits per heavy atom. The number of benzene rings is 2. The third-order valence-corrected chi connectivity index (χ3v) is 3.92. The molecule has 5 heteroatoms. The van der Waals surface area contributed by atoms with Crippen molar-refractivity contribution in [1.29, 1.82) is 0 Å². The van der Waals surface area contributed by atoms with Crippen molar-refractivity contribution in [2.45, 2.75) is 12.5 Å². The zero-order valence-electron chi connectivity index (χ0n) is 9.71. The molecule has 0 saturated heterocycles. The van der Waals surface area contributed by atoms with Gasteiger partial charge in [-0.05, 0) is 41.5 Å². The fraction of sp³-hybridized carbons (Fsp3) is 0.143. The number of hydrogen-bond donors (Lipinski definition) is 1. The zero-order chi connectivity index (χ0) is 14.0. The predicted octanol–water partition coefficient (Wildman–Crippen LogP) is 4.77. The predicted molar refractivity (Wildman–Crippen MR) is 76.9 cm³/mol. The fourth-order valence-electron chi connectivity index (χ4n) is 1.79. The first-order valence-corrected chi connectivity index (χ1v) is 7.13. The lowest BCUT2D eigenvalue weighted by Crippen LogP contribution is -2.05. The average molecular weight is 392 g/mol. The van der Waals surface area contributed by atoms with Crippen LogP contribution in [-0.2, 0) is 6.42 Å². The van der Waals surface area contributed by atoms with E-state index in [4.69, 9.17) is 0 Å². The average Bonchev–Trinajstić information content (AvgIpc) is 2.33. The Hall–Kier alpha value is -0.780. The third kappa shape index (κ3) is 3.61. The van der Waals surface area contributed by atoms with Crippen molar-refractivity contribution in [2.75, 3.05) is 0 Å². The highest BCUT2D eigenvalue weighted by Crippen LogP contribution is 2.29. The highest BCUT2D eigenvalue weighted by Gasteiger charge is 2.15. The van der Waals surface area contributed by atoms with Gasteiger partial charge < -0.3 is 5.11 Å². The van der Waals surface area contributed by atoms with E-state index in [2.05, 4.69) is 31.9 Å². The topological polar surface area (TPSA) is 20.2 Å². The molecule has 0 spiro atoms. The molecule has 0 aliphatic carbocycles. The first-order chi connectivity index (χ1) is 8.97. The minimum Gasteiger partial charge on any atom is -0.388 e. The van der Waals surface area contributed by atoms with E-state index in [-0.39, 0.29) is 12.0 Å². The summed E-state index contributed by atoms with van der Waals surface area (Å²) in [6, 6.07) is 8.53.